The Hall–Kier alpha value is -2.65. The van der Waals surface area contributed by atoms with Gasteiger partial charge in [0.1, 0.15) is 5.82 Å². The summed E-state index contributed by atoms with van der Waals surface area (Å²) in [7, 11) is -2.13. The van der Waals surface area contributed by atoms with E-state index in [1.54, 1.807) is 24.3 Å². The van der Waals surface area contributed by atoms with Gasteiger partial charge in [-0.2, -0.15) is 4.80 Å². The van der Waals surface area contributed by atoms with Gasteiger partial charge in [-0.15, -0.1) is 10.2 Å². The van der Waals surface area contributed by atoms with Crippen molar-refractivity contribution in [3.63, 3.8) is 0 Å². The van der Waals surface area contributed by atoms with Gasteiger partial charge in [0.25, 0.3) is 0 Å². The van der Waals surface area contributed by atoms with Crippen LogP contribution in [-0.2, 0) is 16.6 Å². The van der Waals surface area contributed by atoms with E-state index in [1.807, 2.05) is 0 Å². The zero-order valence-electron chi connectivity index (χ0n) is 12.7. The van der Waals surface area contributed by atoms with Gasteiger partial charge in [0.2, 0.25) is 15.8 Å². The number of benzene rings is 2. The lowest BCUT2D eigenvalue weighted by molar-refractivity contribution is 0.570. The minimum atomic E-state index is -3.48. The molecular weight excluding hydrogens is 333 g/mol. The van der Waals surface area contributed by atoms with Crippen molar-refractivity contribution in [3.8, 4) is 11.4 Å². The van der Waals surface area contributed by atoms with E-state index in [9.17, 15) is 12.8 Å². The van der Waals surface area contributed by atoms with E-state index in [0.717, 1.165) is 5.56 Å². The Balaban J connectivity index is 1.79. The molecule has 124 valence electrons. The van der Waals surface area contributed by atoms with Crippen LogP contribution < -0.4 is 4.72 Å². The highest BCUT2D eigenvalue weighted by molar-refractivity contribution is 7.89. The van der Waals surface area contributed by atoms with E-state index in [-0.39, 0.29) is 10.7 Å². The van der Waals surface area contributed by atoms with Crippen LogP contribution in [0.15, 0.2) is 53.4 Å². The molecule has 1 heterocycles. The molecular formula is C15H14FN5O2S. The zero-order chi connectivity index (χ0) is 17.2. The maximum atomic E-state index is 12.9. The number of hydrogen-bond acceptors (Lipinski definition) is 5. The van der Waals surface area contributed by atoms with Crippen molar-refractivity contribution in [2.75, 3.05) is 7.05 Å². The van der Waals surface area contributed by atoms with Crippen molar-refractivity contribution >= 4 is 10.0 Å². The highest BCUT2D eigenvalue weighted by Crippen LogP contribution is 2.17. The molecule has 0 aliphatic rings. The minimum absolute atomic E-state index is 0.160. The predicted molar refractivity (Wildman–Crippen MR) is 85.0 cm³/mol. The Kier molecular flexibility index (Phi) is 4.36. The zero-order valence-corrected chi connectivity index (χ0v) is 13.5. The topological polar surface area (TPSA) is 89.8 Å². The number of halogens is 1. The highest BCUT2D eigenvalue weighted by atomic mass is 32.2. The normalized spacial score (nSPS) is 11.6. The molecule has 0 spiro atoms. The van der Waals surface area contributed by atoms with Crippen LogP contribution in [0.1, 0.15) is 5.56 Å². The van der Waals surface area contributed by atoms with Crippen molar-refractivity contribution in [1.29, 1.82) is 0 Å². The first-order valence-corrected chi connectivity index (χ1v) is 8.52. The monoisotopic (exact) mass is 347 g/mol. The molecule has 0 saturated heterocycles. The second-order valence-corrected chi connectivity index (χ2v) is 6.89. The number of tetrazole rings is 1. The standard InChI is InChI=1S/C15H14FN5O2S/c1-17-24(22,23)14-8-4-12(5-9-14)15-18-20-21(19-15)10-11-2-6-13(16)7-3-11/h2-9,17H,10H2,1H3. The maximum absolute atomic E-state index is 12.9. The second-order valence-electron chi connectivity index (χ2n) is 5.00. The quantitative estimate of drug-likeness (QED) is 0.754. The molecule has 0 aliphatic heterocycles. The molecule has 0 aliphatic carbocycles. The molecule has 3 aromatic rings. The smallest absolute Gasteiger partial charge is 0.214 e. The number of rotatable bonds is 5. The molecule has 0 saturated carbocycles. The summed E-state index contributed by atoms with van der Waals surface area (Å²) in [4.78, 5) is 1.55. The van der Waals surface area contributed by atoms with Gasteiger partial charge in [-0.1, -0.05) is 12.1 Å². The van der Waals surface area contributed by atoms with Crippen LogP contribution in [-0.4, -0.2) is 35.7 Å². The van der Waals surface area contributed by atoms with Gasteiger partial charge in [0.05, 0.1) is 11.4 Å². The van der Waals surface area contributed by atoms with E-state index in [0.29, 0.717) is 17.9 Å². The molecule has 0 radical (unpaired) electrons. The molecule has 1 N–H and O–H groups in total. The van der Waals surface area contributed by atoms with Gasteiger partial charge in [-0.05, 0) is 54.2 Å². The van der Waals surface area contributed by atoms with Crippen LogP contribution in [0.25, 0.3) is 11.4 Å². The summed E-state index contributed by atoms with van der Waals surface area (Å²) in [6.45, 7) is 0.361. The van der Waals surface area contributed by atoms with Gasteiger partial charge in [-0.25, -0.2) is 17.5 Å². The molecule has 0 atom stereocenters. The highest BCUT2D eigenvalue weighted by Gasteiger charge is 2.12. The summed E-state index contributed by atoms with van der Waals surface area (Å²) in [5.41, 5.74) is 1.49. The summed E-state index contributed by atoms with van der Waals surface area (Å²) in [5, 5.41) is 12.1. The largest absolute Gasteiger partial charge is 0.240 e. The van der Waals surface area contributed by atoms with Crippen LogP contribution in [0.2, 0.25) is 0 Å². The van der Waals surface area contributed by atoms with Gasteiger partial charge in [0, 0.05) is 5.56 Å². The van der Waals surface area contributed by atoms with Crippen molar-refractivity contribution in [2.45, 2.75) is 11.4 Å². The fourth-order valence-corrected chi connectivity index (χ4v) is 2.81. The van der Waals surface area contributed by atoms with E-state index in [1.165, 1.54) is 36.1 Å². The van der Waals surface area contributed by atoms with Crippen LogP contribution in [0.5, 0.6) is 0 Å². The average molecular weight is 347 g/mol. The van der Waals surface area contributed by atoms with E-state index < -0.39 is 10.0 Å². The lowest BCUT2D eigenvalue weighted by Gasteiger charge is -2.02. The molecule has 0 fully saturated rings. The van der Waals surface area contributed by atoms with Crippen molar-refractivity contribution in [3.05, 3.63) is 59.9 Å². The number of aromatic nitrogens is 4. The Morgan fingerprint density at radius 3 is 2.38 bits per heavy atom. The summed E-state index contributed by atoms with van der Waals surface area (Å²) in [6, 6.07) is 12.2. The third-order valence-corrected chi connectivity index (χ3v) is 4.81. The van der Waals surface area contributed by atoms with Crippen LogP contribution in [0.3, 0.4) is 0 Å². The van der Waals surface area contributed by atoms with Crippen LogP contribution in [0.4, 0.5) is 4.39 Å². The first-order chi connectivity index (χ1) is 11.5. The minimum Gasteiger partial charge on any atom is -0.214 e. The maximum Gasteiger partial charge on any atom is 0.240 e. The number of nitrogens with zero attached hydrogens (tertiary/aromatic N) is 4. The number of hydrogen-bond donors (Lipinski definition) is 1. The predicted octanol–water partition coefficient (Wildman–Crippen LogP) is 1.44. The molecule has 0 bridgehead atoms. The fraction of sp³-hybridized carbons (Fsp3) is 0.133. The lowest BCUT2D eigenvalue weighted by atomic mass is 10.2. The first kappa shape index (κ1) is 16.2. The Morgan fingerprint density at radius 1 is 1.08 bits per heavy atom. The van der Waals surface area contributed by atoms with E-state index in [4.69, 9.17) is 0 Å². The van der Waals surface area contributed by atoms with Crippen molar-refractivity contribution in [1.82, 2.24) is 24.9 Å². The van der Waals surface area contributed by atoms with Crippen LogP contribution in [0, 0.1) is 5.82 Å². The second kappa shape index (κ2) is 6.46. The molecule has 3 rings (SSSR count). The first-order valence-electron chi connectivity index (χ1n) is 7.04. The van der Waals surface area contributed by atoms with Crippen molar-refractivity contribution < 1.29 is 12.8 Å². The molecule has 7 nitrogen and oxygen atoms in total. The molecule has 24 heavy (non-hydrogen) atoms. The third kappa shape index (κ3) is 3.47. The Morgan fingerprint density at radius 2 is 1.75 bits per heavy atom. The van der Waals surface area contributed by atoms with Crippen LogP contribution >= 0.6 is 0 Å². The summed E-state index contributed by atoms with van der Waals surface area (Å²) in [5.74, 6) is 0.0770. The summed E-state index contributed by atoms with van der Waals surface area (Å²) < 4.78 is 38.5. The molecule has 0 unspecified atom stereocenters. The summed E-state index contributed by atoms with van der Waals surface area (Å²) >= 11 is 0. The molecule has 0 amide bonds. The van der Waals surface area contributed by atoms with E-state index in [2.05, 4.69) is 20.1 Å². The van der Waals surface area contributed by atoms with Gasteiger partial charge < -0.3 is 0 Å². The van der Waals surface area contributed by atoms with E-state index >= 15 is 0 Å². The van der Waals surface area contributed by atoms with Gasteiger partial charge >= 0.3 is 0 Å². The van der Waals surface area contributed by atoms with Gasteiger partial charge in [-0.3, -0.25) is 0 Å². The van der Waals surface area contributed by atoms with Crippen molar-refractivity contribution in [2.24, 2.45) is 0 Å². The number of sulfonamides is 1. The third-order valence-electron chi connectivity index (χ3n) is 3.38. The Labute approximate surface area is 138 Å². The fourth-order valence-electron chi connectivity index (χ4n) is 2.08. The van der Waals surface area contributed by atoms with Gasteiger partial charge in [0.15, 0.2) is 0 Å². The molecule has 1 aromatic heterocycles. The summed E-state index contributed by atoms with van der Waals surface area (Å²) in [6.07, 6.45) is 0. The average Bonchev–Trinajstić information content (AvgIpc) is 3.05. The molecule has 2 aromatic carbocycles. The number of nitrogens with one attached hydrogen (secondary N) is 1. The lowest BCUT2D eigenvalue weighted by Crippen LogP contribution is -2.18. The SMILES string of the molecule is CNS(=O)(=O)c1ccc(-c2nnn(Cc3ccc(F)cc3)n2)cc1. The Bertz CT molecular complexity index is 937. The molecule has 9 heteroatoms.